The maximum Gasteiger partial charge on any atom is 0.338 e. The predicted molar refractivity (Wildman–Crippen MR) is 105 cm³/mol. The lowest BCUT2D eigenvalue weighted by Gasteiger charge is -2.56. The van der Waals surface area contributed by atoms with Crippen molar-refractivity contribution in [2.75, 3.05) is 13.2 Å². The first-order chi connectivity index (χ1) is 13.9. The van der Waals surface area contributed by atoms with Gasteiger partial charge in [-0.2, -0.15) is 0 Å². The maximum absolute atomic E-state index is 12.4. The van der Waals surface area contributed by atoms with Crippen molar-refractivity contribution in [3.05, 3.63) is 29.8 Å². The third kappa shape index (κ3) is 4.54. The number of esters is 1. The highest BCUT2D eigenvalue weighted by atomic mass is 16.5. The molecular formula is C22H28N2O5. The van der Waals surface area contributed by atoms with Gasteiger partial charge in [0.05, 0.1) is 12.2 Å². The molecule has 0 aromatic heterocycles. The van der Waals surface area contributed by atoms with Crippen LogP contribution in [0.5, 0.6) is 5.75 Å². The first kappa shape index (κ1) is 19.7. The Balaban J connectivity index is 1.23. The summed E-state index contributed by atoms with van der Waals surface area (Å²) in [7, 11) is 0. The van der Waals surface area contributed by atoms with E-state index in [0.29, 0.717) is 35.7 Å². The van der Waals surface area contributed by atoms with Crippen molar-refractivity contribution < 1.29 is 23.9 Å². The summed E-state index contributed by atoms with van der Waals surface area (Å²) in [6.07, 6.45) is 6.86. The van der Waals surface area contributed by atoms with E-state index in [0.717, 1.165) is 19.3 Å². The number of nitrogens with one attached hydrogen (secondary N) is 2. The summed E-state index contributed by atoms with van der Waals surface area (Å²) in [5.74, 6) is 1.51. The van der Waals surface area contributed by atoms with E-state index in [1.807, 2.05) is 6.92 Å². The first-order valence-corrected chi connectivity index (χ1v) is 10.5. The highest BCUT2D eigenvalue weighted by Gasteiger charge is 2.51. The molecule has 0 unspecified atom stereocenters. The molecule has 0 atom stereocenters. The highest BCUT2D eigenvalue weighted by molar-refractivity contribution is 5.97. The minimum Gasteiger partial charge on any atom is -0.494 e. The van der Waals surface area contributed by atoms with E-state index in [-0.39, 0.29) is 5.54 Å². The lowest BCUT2D eigenvalue weighted by atomic mass is 9.53. The van der Waals surface area contributed by atoms with Gasteiger partial charge < -0.3 is 14.8 Å². The Labute approximate surface area is 170 Å². The number of carbonyl (C=O) groups excluding carboxylic acids is 3. The van der Waals surface area contributed by atoms with Crippen molar-refractivity contribution in [3.8, 4) is 5.75 Å². The van der Waals surface area contributed by atoms with Gasteiger partial charge in [0.1, 0.15) is 5.75 Å². The van der Waals surface area contributed by atoms with Gasteiger partial charge in [0.25, 0.3) is 5.91 Å². The standard InChI is InChI=1S/C22H28N2O5/c1-2-28-18-5-3-17(4-6-18)20(26)29-13-19(25)23-21(27)24-22-10-14-7-15(11-22)9-16(8-14)12-22/h3-6,14-16H,2,7-13H2,1H3,(H2,23,24,25,27). The number of hydrogen-bond acceptors (Lipinski definition) is 5. The SMILES string of the molecule is CCOc1ccc(C(=O)OCC(=O)NC(=O)NC23CC4CC(CC(C4)C2)C3)cc1. The van der Waals surface area contributed by atoms with Crippen LogP contribution in [0.2, 0.25) is 0 Å². The Kier molecular flexibility index (Phi) is 5.48. The number of benzene rings is 1. The van der Waals surface area contributed by atoms with Crippen LogP contribution in [0, 0.1) is 17.8 Å². The second-order valence-electron chi connectivity index (χ2n) is 8.73. The topological polar surface area (TPSA) is 93.7 Å². The fourth-order valence-corrected chi connectivity index (χ4v) is 5.77. The Morgan fingerprint density at radius 3 is 2.14 bits per heavy atom. The third-order valence-electron chi connectivity index (χ3n) is 6.41. The summed E-state index contributed by atoms with van der Waals surface area (Å²) in [5.41, 5.74) is 0.150. The monoisotopic (exact) mass is 400 g/mol. The summed E-state index contributed by atoms with van der Waals surface area (Å²) in [6, 6.07) is 5.99. The molecule has 7 nitrogen and oxygen atoms in total. The molecule has 4 fully saturated rings. The van der Waals surface area contributed by atoms with E-state index >= 15 is 0 Å². The molecule has 3 amide bonds. The summed E-state index contributed by atoms with van der Waals surface area (Å²) in [6.45, 7) is 1.91. The molecule has 29 heavy (non-hydrogen) atoms. The molecule has 7 heteroatoms. The molecule has 0 saturated heterocycles. The zero-order chi connectivity index (χ0) is 20.4. The Hall–Kier alpha value is -2.57. The van der Waals surface area contributed by atoms with E-state index in [2.05, 4.69) is 10.6 Å². The molecule has 4 bridgehead atoms. The van der Waals surface area contributed by atoms with Crippen molar-refractivity contribution in [1.29, 1.82) is 0 Å². The highest BCUT2D eigenvalue weighted by Crippen LogP contribution is 2.55. The van der Waals surface area contributed by atoms with Crippen molar-refractivity contribution in [3.63, 3.8) is 0 Å². The molecule has 5 rings (SSSR count). The molecular weight excluding hydrogens is 372 g/mol. The maximum atomic E-state index is 12.4. The van der Waals surface area contributed by atoms with Crippen molar-refractivity contribution in [2.45, 2.75) is 51.0 Å². The van der Waals surface area contributed by atoms with Crippen molar-refractivity contribution in [2.24, 2.45) is 17.8 Å². The summed E-state index contributed by atoms with van der Waals surface area (Å²) in [5, 5.41) is 5.37. The van der Waals surface area contributed by atoms with Gasteiger partial charge in [-0.25, -0.2) is 9.59 Å². The molecule has 156 valence electrons. The van der Waals surface area contributed by atoms with Crippen LogP contribution in [-0.2, 0) is 9.53 Å². The predicted octanol–water partition coefficient (Wildman–Crippen LogP) is 3.04. The third-order valence-corrected chi connectivity index (χ3v) is 6.41. The molecule has 2 N–H and O–H groups in total. The lowest BCUT2D eigenvalue weighted by molar-refractivity contribution is -0.123. The molecule has 1 aromatic rings. The Morgan fingerprint density at radius 1 is 1.00 bits per heavy atom. The van der Waals surface area contributed by atoms with Gasteiger partial charge in [-0.1, -0.05) is 0 Å². The smallest absolute Gasteiger partial charge is 0.338 e. The number of rotatable bonds is 6. The van der Waals surface area contributed by atoms with Crippen LogP contribution in [0.1, 0.15) is 55.8 Å². The van der Waals surface area contributed by atoms with Crippen LogP contribution >= 0.6 is 0 Å². The molecule has 0 spiro atoms. The van der Waals surface area contributed by atoms with Crippen molar-refractivity contribution in [1.82, 2.24) is 10.6 Å². The van der Waals surface area contributed by atoms with Gasteiger partial charge in [-0.15, -0.1) is 0 Å². The number of urea groups is 1. The largest absolute Gasteiger partial charge is 0.494 e. The van der Waals surface area contributed by atoms with Crippen LogP contribution in [0.4, 0.5) is 4.79 Å². The van der Waals surface area contributed by atoms with Gasteiger partial charge in [-0.3, -0.25) is 10.1 Å². The van der Waals surface area contributed by atoms with Crippen LogP contribution in [0.15, 0.2) is 24.3 Å². The molecule has 4 aliphatic rings. The molecule has 4 aliphatic carbocycles. The van der Waals surface area contributed by atoms with Gasteiger partial charge in [0.15, 0.2) is 6.61 Å². The van der Waals surface area contributed by atoms with Gasteiger partial charge >= 0.3 is 12.0 Å². The average molecular weight is 400 g/mol. The average Bonchev–Trinajstić information content (AvgIpc) is 2.65. The normalized spacial score (nSPS) is 29.2. The first-order valence-electron chi connectivity index (χ1n) is 10.5. The fourth-order valence-electron chi connectivity index (χ4n) is 5.77. The zero-order valence-electron chi connectivity index (χ0n) is 16.7. The fraction of sp³-hybridized carbons (Fsp3) is 0.591. The quantitative estimate of drug-likeness (QED) is 0.716. The van der Waals surface area contributed by atoms with E-state index in [1.54, 1.807) is 24.3 Å². The number of amides is 3. The Bertz CT molecular complexity index is 754. The van der Waals surface area contributed by atoms with Gasteiger partial charge in [0, 0.05) is 5.54 Å². The van der Waals surface area contributed by atoms with Crippen molar-refractivity contribution >= 4 is 17.9 Å². The summed E-state index contributed by atoms with van der Waals surface area (Å²) in [4.78, 5) is 36.5. The van der Waals surface area contributed by atoms with Crippen LogP contribution in [-0.4, -0.2) is 36.7 Å². The van der Waals surface area contributed by atoms with Gasteiger partial charge in [0.2, 0.25) is 0 Å². The summed E-state index contributed by atoms with van der Waals surface area (Å²) >= 11 is 0. The number of carbonyl (C=O) groups is 3. The van der Waals surface area contributed by atoms with E-state index in [1.165, 1.54) is 19.3 Å². The second-order valence-corrected chi connectivity index (χ2v) is 8.73. The lowest BCUT2D eigenvalue weighted by Crippen LogP contribution is -2.62. The number of ether oxygens (including phenoxy) is 2. The molecule has 0 aliphatic heterocycles. The zero-order valence-corrected chi connectivity index (χ0v) is 16.7. The molecule has 4 saturated carbocycles. The Morgan fingerprint density at radius 2 is 1.59 bits per heavy atom. The molecule has 0 radical (unpaired) electrons. The minimum absolute atomic E-state index is 0.169. The summed E-state index contributed by atoms with van der Waals surface area (Å²) < 4.78 is 10.3. The van der Waals surface area contributed by atoms with Crippen LogP contribution in [0.3, 0.4) is 0 Å². The van der Waals surface area contributed by atoms with E-state index < -0.39 is 24.5 Å². The second kappa shape index (κ2) is 8.05. The molecule has 1 aromatic carbocycles. The minimum atomic E-state index is -0.633. The number of imide groups is 1. The van der Waals surface area contributed by atoms with E-state index in [9.17, 15) is 14.4 Å². The van der Waals surface area contributed by atoms with Crippen LogP contribution < -0.4 is 15.4 Å². The van der Waals surface area contributed by atoms with E-state index in [4.69, 9.17) is 9.47 Å². The van der Waals surface area contributed by atoms with Gasteiger partial charge in [-0.05, 0) is 87.5 Å². The molecule has 0 heterocycles. The van der Waals surface area contributed by atoms with Crippen LogP contribution in [0.25, 0.3) is 0 Å². The number of hydrogen-bond donors (Lipinski definition) is 2.